The number of esters is 1. The van der Waals surface area contributed by atoms with Crippen LogP contribution in [0.15, 0.2) is 0 Å². The van der Waals surface area contributed by atoms with Crippen LogP contribution in [0.1, 0.15) is 66.2 Å². The molecule has 154 valence electrons. The van der Waals surface area contributed by atoms with Crippen LogP contribution in [0.5, 0.6) is 0 Å². The zero-order valence-electron chi connectivity index (χ0n) is 17.7. The molecule has 2 rings (SSSR count). The SMILES string of the molecule is CC1(C)CC(CC(=O)O)CCO1.COC(=O)CC1CCOC(C)(C)C1.[Li+].[OH-]. The summed E-state index contributed by atoms with van der Waals surface area (Å²) in [5.41, 5.74) is -0.199. The van der Waals surface area contributed by atoms with Gasteiger partial charge in [-0.15, -0.1) is 0 Å². The van der Waals surface area contributed by atoms with E-state index < -0.39 is 5.97 Å². The number of ether oxygens (including phenoxy) is 3. The van der Waals surface area contributed by atoms with Gasteiger partial charge in [0.1, 0.15) is 0 Å². The molecule has 0 amide bonds. The minimum Gasteiger partial charge on any atom is -0.870 e. The van der Waals surface area contributed by atoms with Crippen LogP contribution in [0, 0.1) is 11.8 Å². The summed E-state index contributed by atoms with van der Waals surface area (Å²) in [6.45, 7) is 9.62. The fourth-order valence-corrected chi connectivity index (χ4v) is 3.63. The molecule has 0 spiro atoms. The number of carbonyl (C=O) groups excluding carboxylic acids is 1. The Balaban J connectivity index is 0. The second-order valence-electron chi connectivity index (χ2n) is 8.31. The van der Waals surface area contributed by atoms with E-state index in [0.29, 0.717) is 24.9 Å². The predicted octanol–water partition coefficient (Wildman–Crippen LogP) is 0.248. The minimum absolute atomic E-state index is 0. The number of carboxylic acid groups (broad SMARTS) is 1. The van der Waals surface area contributed by atoms with Crippen LogP contribution < -0.4 is 18.9 Å². The van der Waals surface area contributed by atoms with Gasteiger partial charge in [-0.3, -0.25) is 9.59 Å². The van der Waals surface area contributed by atoms with Gasteiger partial charge in [-0.25, -0.2) is 0 Å². The van der Waals surface area contributed by atoms with Crippen molar-refractivity contribution in [3.8, 4) is 0 Å². The van der Waals surface area contributed by atoms with Gasteiger partial charge < -0.3 is 24.8 Å². The van der Waals surface area contributed by atoms with Gasteiger partial charge in [0, 0.05) is 26.1 Å². The van der Waals surface area contributed by atoms with E-state index in [-0.39, 0.29) is 47.9 Å². The Morgan fingerprint density at radius 3 is 1.70 bits per heavy atom. The largest absolute Gasteiger partial charge is 1.00 e. The van der Waals surface area contributed by atoms with Crippen LogP contribution in [-0.2, 0) is 23.8 Å². The molecule has 0 radical (unpaired) electrons. The number of methoxy groups -OCH3 is 1. The molecule has 0 aromatic heterocycles. The van der Waals surface area contributed by atoms with E-state index in [4.69, 9.17) is 14.6 Å². The quantitative estimate of drug-likeness (QED) is 0.548. The maximum Gasteiger partial charge on any atom is 1.00 e. The van der Waals surface area contributed by atoms with Crippen LogP contribution in [0.2, 0.25) is 0 Å². The van der Waals surface area contributed by atoms with Crippen molar-refractivity contribution < 1.29 is 53.2 Å². The summed E-state index contributed by atoms with van der Waals surface area (Å²) < 4.78 is 15.7. The molecule has 2 aliphatic rings. The first kappa shape index (κ1) is 28.6. The van der Waals surface area contributed by atoms with Gasteiger partial charge >= 0.3 is 30.8 Å². The summed E-state index contributed by atoms with van der Waals surface area (Å²) in [5, 5.41) is 8.60. The molecule has 0 aromatic rings. The number of rotatable bonds is 4. The van der Waals surface area contributed by atoms with Crippen LogP contribution in [0.3, 0.4) is 0 Å². The van der Waals surface area contributed by atoms with Crippen molar-refractivity contribution >= 4 is 11.9 Å². The predicted molar refractivity (Wildman–Crippen MR) is 96.3 cm³/mol. The van der Waals surface area contributed by atoms with Gasteiger partial charge in [-0.2, -0.15) is 0 Å². The maximum atomic E-state index is 11.0. The van der Waals surface area contributed by atoms with E-state index in [1.165, 1.54) is 7.11 Å². The molecule has 0 bridgehead atoms. The zero-order chi connectivity index (χ0) is 19.1. The molecule has 2 atom stereocenters. The molecule has 2 unspecified atom stereocenters. The topological polar surface area (TPSA) is 112 Å². The number of carboxylic acids is 1. The molecule has 0 saturated carbocycles. The first-order chi connectivity index (χ1) is 11.5. The average Bonchev–Trinajstić information content (AvgIpc) is 2.45. The van der Waals surface area contributed by atoms with Gasteiger partial charge in [0.2, 0.25) is 0 Å². The summed E-state index contributed by atoms with van der Waals surface area (Å²) >= 11 is 0. The second kappa shape index (κ2) is 12.8. The van der Waals surface area contributed by atoms with Gasteiger partial charge in [0.25, 0.3) is 0 Å². The molecule has 7 nitrogen and oxygen atoms in total. The number of carbonyl (C=O) groups is 2. The Morgan fingerprint density at radius 1 is 0.963 bits per heavy atom. The summed E-state index contributed by atoms with van der Waals surface area (Å²) in [4.78, 5) is 21.5. The molecule has 2 N–H and O–H groups in total. The van der Waals surface area contributed by atoms with Crippen molar-refractivity contribution in [2.75, 3.05) is 20.3 Å². The molecule has 0 aliphatic carbocycles. The van der Waals surface area contributed by atoms with Gasteiger partial charge in [0.05, 0.1) is 18.3 Å². The Hall–Kier alpha value is -0.583. The van der Waals surface area contributed by atoms with Crippen LogP contribution >= 0.6 is 0 Å². The molecule has 27 heavy (non-hydrogen) atoms. The van der Waals surface area contributed by atoms with Crippen molar-refractivity contribution in [3.05, 3.63) is 0 Å². The van der Waals surface area contributed by atoms with E-state index in [1.807, 2.05) is 13.8 Å². The normalized spacial score (nSPS) is 25.5. The Morgan fingerprint density at radius 2 is 1.37 bits per heavy atom. The van der Waals surface area contributed by atoms with E-state index in [0.717, 1.165) is 32.3 Å². The third kappa shape index (κ3) is 12.5. The summed E-state index contributed by atoms with van der Waals surface area (Å²) in [7, 11) is 1.44. The van der Waals surface area contributed by atoms with E-state index in [2.05, 4.69) is 18.6 Å². The third-order valence-electron chi connectivity index (χ3n) is 4.74. The Bertz CT molecular complexity index is 451. The fourth-order valence-electron chi connectivity index (χ4n) is 3.63. The van der Waals surface area contributed by atoms with Gasteiger partial charge in [-0.05, 0) is 65.2 Å². The monoisotopic (exact) mass is 382 g/mol. The van der Waals surface area contributed by atoms with E-state index in [1.54, 1.807) is 0 Å². The van der Waals surface area contributed by atoms with Crippen molar-refractivity contribution in [2.45, 2.75) is 77.4 Å². The van der Waals surface area contributed by atoms with Crippen molar-refractivity contribution in [3.63, 3.8) is 0 Å². The molecule has 2 saturated heterocycles. The first-order valence-corrected chi connectivity index (χ1v) is 9.09. The molecule has 2 aliphatic heterocycles. The van der Waals surface area contributed by atoms with Crippen LogP contribution in [0.25, 0.3) is 0 Å². The molecule has 8 heteroatoms. The summed E-state index contributed by atoms with van der Waals surface area (Å²) in [6, 6.07) is 0. The molecule has 2 fully saturated rings. The number of aliphatic carboxylic acids is 1. The number of hydrogen-bond donors (Lipinski definition) is 1. The fraction of sp³-hybridized carbons (Fsp3) is 0.895. The molecular formula is C19H35LiO7. The summed E-state index contributed by atoms with van der Waals surface area (Å²) in [5.74, 6) is -0.0807. The molecular weight excluding hydrogens is 347 g/mol. The Labute approximate surface area is 175 Å². The molecule has 2 heterocycles. The minimum atomic E-state index is -0.697. The summed E-state index contributed by atoms with van der Waals surface area (Å²) in [6.07, 6.45) is 4.48. The van der Waals surface area contributed by atoms with Gasteiger partial charge in [0.15, 0.2) is 0 Å². The van der Waals surface area contributed by atoms with Crippen LogP contribution in [-0.4, -0.2) is 54.0 Å². The maximum absolute atomic E-state index is 11.0. The van der Waals surface area contributed by atoms with E-state index in [9.17, 15) is 9.59 Å². The third-order valence-corrected chi connectivity index (χ3v) is 4.74. The first-order valence-electron chi connectivity index (χ1n) is 9.09. The number of hydrogen-bond acceptors (Lipinski definition) is 6. The van der Waals surface area contributed by atoms with Crippen molar-refractivity contribution in [1.29, 1.82) is 0 Å². The van der Waals surface area contributed by atoms with Crippen molar-refractivity contribution in [2.24, 2.45) is 11.8 Å². The second-order valence-corrected chi connectivity index (χ2v) is 8.31. The van der Waals surface area contributed by atoms with Gasteiger partial charge in [-0.1, -0.05) is 0 Å². The van der Waals surface area contributed by atoms with E-state index >= 15 is 0 Å². The smallest absolute Gasteiger partial charge is 0.870 e. The van der Waals surface area contributed by atoms with Crippen LogP contribution in [0.4, 0.5) is 0 Å². The Kier molecular flexibility index (Phi) is 13.6. The zero-order valence-corrected chi connectivity index (χ0v) is 17.7. The average molecular weight is 382 g/mol. The van der Waals surface area contributed by atoms with Crippen molar-refractivity contribution in [1.82, 2.24) is 0 Å². The standard InChI is InChI=1S/C10H18O3.C9H16O3.Li.H2O/c1-10(2)7-8(4-5-13-10)6-9(11)12-3;1-9(2)6-7(3-4-12-9)5-8(10)11;;/h8H,4-7H2,1-3H3;7H,3-6H2,1-2H3,(H,10,11);;1H2/q;;+1;/p-1. The molecule has 0 aromatic carbocycles.